The van der Waals surface area contributed by atoms with Crippen molar-refractivity contribution in [1.82, 2.24) is 10.2 Å². The minimum atomic E-state index is -3.95. The van der Waals surface area contributed by atoms with Crippen molar-refractivity contribution in [1.29, 1.82) is 0 Å². The van der Waals surface area contributed by atoms with Crippen LogP contribution in [0.15, 0.2) is 48.5 Å². The van der Waals surface area contributed by atoms with Crippen LogP contribution in [-0.2, 0) is 26.2 Å². The predicted octanol–water partition coefficient (Wildman–Crippen LogP) is 3.06. The normalized spacial score (nSPS) is 12.7. The van der Waals surface area contributed by atoms with E-state index in [1.807, 2.05) is 0 Å². The molecule has 0 radical (unpaired) electrons. The SMILES string of the molecule is CC(C(=O)NC(C)(C)C)N(Cc1ccc(F)cc1)C(=O)CN(c1cccc(F)c1)S(C)(=O)=O. The molecule has 0 aromatic heterocycles. The second kappa shape index (κ2) is 10.3. The van der Waals surface area contributed by atoms with E-state index in [-0.39, 0.29) is 12.2 Å². The first kappa shape index (κ1) is 26.2. The number of carbonyl (C=O) groups is 2. The molecule has 0 saturated heterocycles. The van der Waals surface area contributed by atoms with Crippen LogP contribution in [0.5, 0.6) is 0 Å². The molecule has 0 aliphatic heterocycles. The first-order valence-corrected chi connectivity index (χ1v) is 12.1. The summed E-state index contributed by atoms with van der Waals surface area (Å²) in [5.74, 6) is -2.22. The van der Waals surface area contributed by atoms with E-state index in [1.54, 1.807) is 20.8 Å². The van der Waals surface area contributed by atoms with Crippen LogP contribution in [0.2, 0.25) is 0 Å². The summed E-state index contributed by atoms with van der Waals surface area (Å²) in [6.45, 7) is 6.20. The maximum absolute atomic E-state index is 13.7. The van der Waals surface area contributed by atoms with E-state index in [2.05, 4.69) is 5.32 Å². The standard InChI is InChI=1S/C23H29F2N3O4S/c1-16(22(30)26-23(2,3)4)27(14-17-9-11-18(24)12-10-17)21(29)15-28(33(5,31)32)20-8-6-7-19(25)13-20/h6-13,16H,14-15H2,1-5H3,(H,26,30). The maximum atomic E-state index is 13.7. The molecule has 2 aromatic rings. The van der Waals surface area contributed by atoms with Crippen molar-refractivity contribution in [2.45, 2.75) is 45.8 Å². The molecule has 1 N–H and O–H groups in total. The van der Waals surface area contributed by atoms with E-state index < -0.39 is 51.6 Å². The summed E-state index contributed by atoms with van der Waals surface area (Å²) < 4.78 is 52.6. The summed E-state index contributed by atoms with van der Waals surface area (Å²) in [4.78, 5) is 27.3. The molecule has 2 aromatic carbocycles. The van der Waals surface area contributed by atoms with Crippen molar-refractivity contribution in [2.24, 2.45) is 0 Å². The Morgan fingerprint density at radius 1 is 1.03 bits per heavy atom. The van der Waals surface area contributed by atoms with Crippen LogP contribution in [0, 0.1) is 11.6 Å². The number of hydrogen-bond acceptors (Lipinski definition) is 4. The van der Waals surface area contributed by atoms with E-state index in [4.69, 9.17) is 0 Å². The Labute approximate surface area is 193 Å². The molecular formula is C23H29F2N3O4S. The highest BCUT2D eigenvalue weighted by atomic mass is 32.2. The average Bonchev–Trinajstić information content (AvgIpc) is 2.68. The summed E-state index contributed by atoms with van der Waals surface area (Å²) >= 11 is 0. The number of amides is 2. The van der Waals surface area contributed by atoms with E-state index in [0.717, 1.165) is 22.7 Å². The highest BCUT2D eigenvalue weighted by Gasteiger charge is 2.31. The minimum absolute atomic E-state index is 0.0145. The summed E-state index contributed by atoms with van der Waals surface area (Å²) in [5, 5.41) is 2.80. The van der Waals surface area contributed by atoms with Gasteiger partial charge in [-0.05, 0) is 63.6 Å². The number of benzene rings is 2. The van der Waals surface area contributed by atoms with Gasteiger partial charge in [-0.1, -0.05) is 18.2 Å². The van der Waals surface area contributed by atoms with Crippen LogP contribution in [-0.4, -0.2) is 49.5 Å². The van der Waals surface area contributed by atoms with Crippen molar-refractivity contribution in [3.05, 3.63) is 65.7 Å². The molecule has 0 aliphatic carbocycles. The lowest BCUT2D eigenvalue weighted by atomic mass is 10.1. The van der Waals surface area contributed by atoms with Crippen LogP contribution in [0.25, 0.3) is 0 Å². The number of anilines is 1. The van der Waals surface area contributed by atoms with Gasteiger partial charge in [0.2, 0.25) is 21.8 Å². The fourth-order valence-electron chi connectivity index (χ4n) is 3.09. The third kappa shape index (κ3) is 7.81. The smallest absolute Gasteiger partial charge is 0.244 e. The zero-order valence-electron chi connectivity index (χ0n) is 19.3. The Kier molecular flexibility index (Phi) is 8.18. The van der Waals surface area contributed by atoms with Crippen molar-refractivity contribution < 1.29 is 26.8 Å². The quantitative estimate of drug-likeness (QED) is 0.628. The van der Waals surface area contributed by atoms with Gasteiger partial charge in [-0.2, -0.15) is 0 Å². The molecule has 2 amide bonds. The van der Waals surface area contributed by atoms with Gasteiger partial charge in [0, 0.05) is 12.1 Å². The second-order valence-electron chi connectivity index (χ2n) is 8.81. The Balaban J connectivity index is 2.39. The first-order valence-electron chi connectivity index (χ1n) is 10.3. The number of rotatable bonds is 8. The number of nitrogens with zero attached hydrogens (tertiary/aromatic N) is 2. The van der Waals surface area contributed by atoms with Crippen molar-refractivity contribution >= 4 is 27.5 Å². The third-order valence-electron chi connectivity index (χ3n) is 4.71. The van der Waals surface area contributed by atoms with Crippen molar-refractivity contribution in [2.75, 3.05) is 17.1 Å². The molecule has 0 heterocycles. The van der Waals surface area contributed by atoms with E-state index in [9.17, 15) is 26.8 Å². The molecule has 0 aliphatic rings. The molecule has 180 valence electrons. The van der Waals surface area contributed by atoms with Crippen LogP contribution in [0.4, 0.5) is 14.5 Å². The van der Waals surface area contributed by atoms with Crippen molar-refractivity contribution in [3.63, 3.8) is 0 Å². The zero-order valence-corrected chi connectivity index (χ0v) is 20.1. The van der Waals surface area contributed by atoms with Crippen LogP contribution in [0.1, 0.15) is 33.3 Å². The lowest BCUT2D eigenvalue weighted by Crippen LogP contribution is -2.54. The van der Waals surface area contributed by atoms with Crippen LogP contribution < -0.4 is 9.62 Å². The van der Waals surface area contributed by atoms with E-state index in [0.29, 0.717) is 5.56 Å². The number of nitrogens with one attached hydrogen (secondary N) is 1. The highest BCUT2D eigenvalue weighted by Crippen LogP contribution is 2.20. The number of carbonyl (C=O) groups excluding carboxylic acids is 2. The molecule has 10 heteroatoms. The highest BCUT2D eigenvalue weighted by molar-refractivity contribution is 7.92. The Hall–Kier alpha value is -3.01. The first-order chi connectivity index (χ1) is 15.2. The molecule has 0 spiro atoms. The van der Waals surface area contributed by atoms with Gasteiger partial charge in [0.25, 0.3) is 0 Å². The molecule has 0 saturated carbocycles. The lowest BCUT2D eigenvalue weighted by Gasteiger charge is -2.33. The molecule has 1 unspecified atom stereocenters. The Bertz CT molecular complexity index is 1100. The second-order valence-corrected chi connectivity index (χ2v) is 10.7. The summed E-state index contributed by atoms with van der Waals surface area (Å²) in [5.41, 5.74) is -0.0211. The topological polar surface area (TPSA) is 86.8 Å². The summed E-state index contributed by atoms with van der Waals surface area (Å²) in [6.07, 6.45) is 0.908. The fraction of sp³-hybridized carbons (Fsp3) is 0.391. The molecule has 1 atom stereocenters. The van der Waals surface area contributed by atoms with E-state index >= 15 is 0 Å². The third-order valence-corrected chi connectivity index (χ3v) is 5.85. The van der Waals surface area contributed by atoms with Crippen LogP contribution >= 0.6 is 0 Å². The predicted molar refractivity (Wildman–Crippen MR) is 123 cm³/mol. The number of sulfonamides is 1. The molecular weight excluding hydrogens is 452 g/mol. The zero-order chi connectivity index (χ0) is 25.0. The molecule has 0 fully saturated rings. The minimum Gasteiger partial charge on any atom is -0.350 e. The van der Waals surface area contributed by atoms with Gasteiger partial charge in [-0.25, -0.2) is 17.2 Å². The van der Waals surface area contributed by atoms with Gasteiger partial charge in [0.15, 0.2) is 0 Å². The molecule has 33 heavy (non-hydrogen) atoms. The monoisotopic (exact) mass is 481 g/mol. The van der Waals surface area contributed by atoms with Gasteiger partial charge in [0.1, 0.15) is 24.2 Å². The van der Waals surface area contributed by atoms with Gasteiger partial charge in [-0.3, -0.25) is 13.9 Å². The fourth-order valence-corrected chi connectivity index (χ4v) is 3.93. The molecule has 7 nitrogen and oxygen atoms in total. The molecule has 2 rings (SSSR count). The van der Waals surface area contributed by atoms with Crippen LogP contribution in [0.3, 0.4) is 0 Å². The Morgan fingerprint density at radius 3 is 2.15 bits per heavy atom. The lowest BCUT2D eigenvalue weighted by molar-refractivity contribution is -0.140. The Morgan fingerprint density at radius 2 is 1.64 bits per heavy atom. The molecule has 0 bridgehead atoms. The number of halogens is 2. The van der Waals surface area contributed by atoms with Gasteiger partial charge in [-0.15, -0.1) is 0 Å². The summed E-state index contributed by atoms with van der Waals surface area (Å²) in [7, 11) is -3.95. The van der Waals surface area contributed by atoms with Gasteiger partial charge in [0.05, 0.1) is 11.9 Å². The maximum Gasteiger partial charge on any atom is 0.244 e. The van der Waals surface area contributed by atoms with E-state index in [1.165, 1.54) is 48.2 Å². The number of hydrogen-bond donors (Lipinski definition) is 1. The summed E-state index contributed by atoms with van der Waals surface area (Å²) in [6, 6.07) is 9.33. The van der Waals surface area contributed by atoms with Gasteiger partial charge < -0.3 is 10.2 Å². The van der Waals surface area contributed by atoms with Gasteiger partial charge >= 0.3 is 0 Å². The largest absolute Gasteiger partial charge is 0.350 e. The average molecular weight is 482 g/mol. The van der Waals surface area contributed by atoms with Crippen molar-refractivity contribution in [3.8, 4) is 0 Å².